The van der Waals surface area contributed by atoms with Crippen molar-refractivity contribution in [2.45, 2.75) is 13.3 Å². The van der Waals surface area contributed by atoms with Crippen molar-refractivity contribution >= 4 is 11.3 Å². The molecule has 0 atom stereocenters. The molecule has 16 heavy (non-hydrogen) atoms. The first-order valence-electron chi connectivity index (χ1n) is 4.71. The second-order valence-electron chi connectivity index (χ2n) is 3.24. The Hall–Kier alpha value is -1.36. The molecule has 0 aliphatic rings. The topological polar surface area (TPSA) is 12.9 Å². The lowest BCUT2D eigenvalue weighted by Crippen LogP contribution is -1.92. The lowest BCUT2D eigenvalue weighted by molar-refractivity contribution is 0.548. The maximum Gasteiger partial charge on any atom is 0.139 e. The molecule has 0 saturated heterocycles. The van der Waals surface area contributed by atoms with Crippen molar-refractivity contribution in [1.29, 1.82) is 0 Å². The van der Waals surface area contributed by atoms with E-state index >= 15 is 0 Å². The van der Waals surface area contributed by atoms with Crippen LogP contribution in [-0.2, 0) is 6.42 Å². The molecule has 0 bridgehead atoms. The second kappa shape index (κ2) is 4.25. The molecule has 0 amide bonds. The van der Waals surface area contributed by atoms with Gasteiger partial charge in [0.05, 0.1) is 11.3 Å². The van der Waals surface area contributed by atoms with Gasteiger partial charge in [0, 0.05) is 17.5 Å². The highest BCUT2D eigenvalue weighted by Gasteiger charge is 2.16. The molecule has 2 aromatic rings. The van der Waals surface area contributed by atoms with Crippen molar-refractivity contribution in [3.05, 3.63) is 40.7 Å². The van der Waals surface area contributed by atoms with E-state index in [4.69, 9.17) is 0 Å². The average molecular weight is 243 g/mol. The van der Waals surface area contributed by atoms with Crippen LogP contribution in [0, 0.1) is 17.5 Å². The van der Waals surface area contributed by atoms with Gasteiger partial charge in [-0.2, -0.15) is 0 Å². The van der Waals surface area contributed by atoms with Gasteiger partial charge in [0.1, 0.15) is 22.5 Å². The molecule has 0 aliphatic carbocycles. The van der Waals surface area contributed by atoms with Crippen LogP contribution in [-0.4, -0.2) is 4.98 Å². The largest absolute Gasteiger partial charge is 0.241 e. The Bertz CT molecular complexity index is 499. The smallest absolute Gasteiger partial charge is 0.139 e. The highest BCUT2D eigenvalue weighted by Crippen LogP contribution is 2.29. The van der Waals surface area contributed by atoms with Gasteiger partial charge in [-0.1, -0.05) is 6.92 Å². The van der Waals surface area contributed by atoms with Gasteiger partial charge < -0.3 is 0 Å². The van der Waals surface area contributed by atoms with E-state index in [0.29, 0.717) is 18.6 Å². The number of aryl methyl sites for hydroxylation is 1. The van der Waals surface area contributed by atoms with E-state index in [9.17, 15) is 13.2 Å². The van der Waals surface area contributed by atoms with Crippen LogP contribution in [0.2, 0.25) is 0 Å². The summed E-state index contributed by atoms with van der Waals surface area (Å²) in [6.07, 6.45) is 0.695. The Morgan fingerprint density at radius 1 is 1.19 bits per heavy atom. The third kappa shape index (κ3) is 1.95. The molecule has 1 heterocycles. The van der Waals surface area contributed by atoms with E-state index in [2.05, 4.69) is 4.98 Å². The minimum atomic E-state index is -0.925. The molecule has 5 heteroatoms. The van der Waals surface area contributed by atoms with Gasteiger partial charge in [-0.15, -0.1) is 11.3 Å². The molecule has 0 fully saturated rings. The minimum absolute atomic E-state index is 0.242. The first-order chi connectivity index (χ1) is 7.61. The quantitative estimate of drug-likeness (QED) is 0.782. The SMILES string of the molecule is CCc1csc(-c2c(F)cc(F)cc2F)n1. The maximum atomic E-state index is 13.4. The first-order valence-corrected chi connectivity index (χ1v) is 5.59. The third-order valence-corrected chi connectivity index (χ3v) is 3.04. The fourth-order valence-electron chi connectivity index (χ4n) is 1.33. The molecule has 0 N–H and O–H groups in total. The number of hydrogen-bond acceptors (Lipinski definition) is 2. The van der Waals surface area contributed by atoms with E-state index < -0.39 is 17.5 Å². The van der Waals surface area contributed by atoms with Gasteiger partial charge in [0.25, 0.3) is 0 Å². The van der Waals surface area contributed by atoms with E-state index in [0.717, 1.165) is 17.0 Å². The van der Waals surface area contributed by atoms with Crippen LogP contribution in [0.3, 0.4) is 0 Å². The Morgan fingerprint density at radius 3 is 2.31 bits per heavy atom. The lowest BCUT2D eigenvalue weighted by atomic mass is 10.2. The lowest BCUT2D eigenvalue weighted by Gasteiger charge is -2.01. The van der Waals surface area contributed by atoms with Crippen LogP contribution in [0.5, 0.6) is 0 Å². The van der Waals surface area contributed by atoms with E-state index in [1.807, 2.05) is 6.92 Å². The van der Waals surface area contributed by atoms with Crippen LogP contribution in [0.15, 0.2) is 17.5 Å². The summed E-state index contributed by atoms with van der Waals surface area (Å²) >= 11 is 1.15. The monoisotopic (exact) mass is 243 g/mol. The van der Waals surface area contributed by atoms with Crippen molar-refractivity contribution in [3.8, 4) is 10.6 Å². The molecule has 84 valence electrons. The molecule has 0 spiro atoms. The zero-order chi connectivity index (χ0) is 11.7. The van der Waals surface area contributed by atoms with Gasteiger partial charge in [-0.05, 0) is 6.42 Å². The number of halogens is 3. The number of hydrogen-bond donors (Lipinski definition) is 0. The molecule has 2 rings (SSSR count). The molecule has 1 aromatic heterocycles. The second-order valence-corrected chi connectivity index (χ2v) is 4.10. The van der Waals surface area contributed by atoms with Crippen molar-refractivity contribution in [2.24, 2.45) is 0 Å². The zero-order valence-electron chi connectivity index (χ0n) is 8.43. The number of thiazole rings is 1. The molecule has 0 radical (unpaired) electrons. The summed E-state index contributed by atoms with van der Waals surface area (Å²) in [6, 6.07) is 1.32. The number of aromatic nitrogens is 1. The van der Waals surface area contributed by atoms with E-state index in [1.165, 1.54) is 0 Å². The molecule has 1 aromatic carbocycles. The Labute approximate surface area is 94.6 Å². The predicted molar refractivity (Wildman–Crippen MR) is 56.8 cm³/mol. The highest BCUT2D eigenvalue weighted by molar-refractivity contribution is 7.13. The Balaban J connectivity index is 2.55. The van der Waals surface area contributed by atoms with Crippen molar-refractivity contribution < 1.29 is 13.2 Å². The van der Waals surface area contributed by atoms with Crippen LogP contribution < -0.4 is 0 Å². The summed E-state index contributed by atoms with van der Waals surface area (Å²) in [5, 5.41) is 1.98. The summed E-state index contributed by atoms with van der Waals surface area (Å²) < 4.78 is 39.5. The van der Waals surface area contributed by atoms with Gasteiger partial charge in [0.2, 0.25) is 0 Å². The van der Waals surface area contributed by atoms with E-state index in [-0.39, 0.29) is 10.6 Å². The summed E-state index contributed by atoms with van der Waals surface area (Å²) in [7, 11) is 0. The maximum absolute atomic E-state index is 13.4. The van der Waals surface area contributed by atoms with Crippen molar-refractivity contribution in [1.82, 2.24) is 4.98 Å². The number of nitrogens with zero attached hydrogens (tertiary/aromatic N) is 1. The zero-order valence-corrected chi connectivity index (χ0v) is 9.25. The van der Waals surface area contributed by atoms with Gasteiger partial charge >= 0.3 is 0 Å². The fraction of sp³-hybridized carbons (Fsp3) is 0.182. The minimum Gasteiger partial charge on any atom is -0.241 e. The Morgan fingerprint density at radius 2 is 1.81 bits per heavy atom. The van der Waals surface area contributed by atoms with Crippen molar-refractivity contribution in [3.63, 3.8) is 0 Å². The molecule has 0 aliphatic heterocycles. The predicted octanol–water partition coefficient (Wildman–Crippen LogP) is 3.79. The fourth-order valence-corrected chi connectivity index (χ4v) is 2.28. The van der Waals surface area contributed by atoms with E-state index in [1.54, 1.807) is 5.38 Å². The van der Waals surface area contributed by atoms with Crippen molar-refractivity contribution in [2.75, 3.05) is 0 Å². The summed E-state index contributed by atoms with van der Waals surface area (Å²) in [6.45, 7) is 1.90. The standard InChI is InChI=1S/C11H8F3NS/c1-2-7-5-16-11(15-7)10-8(13)3-6(12)4-9(10)14/h3-5H,2H2,1H3. The normalized spacial score (nSPS) is 10.8. The molecular formula is C11H8F3NS. The van der Waals surface area contributed by atoms with Gasteiger partial charge in [0.15, 0.2) is 0 Å². The van der Waals surface area contributed by atoms with Crippen LogP contribution in [0.1, 0.15) is 12.6 Å². The number of benzene rings is 1. The summed E-state index contributed by atoms with van der Waals surface area (Å²) in [5.74, 6) is -2.77. The first kappa shape index (κ1) is 11.1. The molecule has 0 unspecified atom stereocenters. The van der Waals surface area contributed by atoms with Gasteiger partial charge in [-0.25, -0.2) is 18.2 Å². The number of rotatable bonds is 2. The highest BCUT2D eigenvalue weighted by atomic mass is 32.1. The molecular weight excluding hydrogens is 235 g/mol. The van der Waals surface area contributed by atoms with Gasteiger partial charge in [-0.3, -0.25) is 0 Å². The van der Waals surface area contributed by atoms with Crippen LogP contribution >= 0.6 is 11.3 Å². The third-order valence-electron chi connectivity index (χ3n) is 2.13. The Kier molecular flexibility index (Phi) is 2.96. The average Bonchev–Trinajstić information content (AvgIpc) is 2.64. The summed E-state index contributed by atoms with van der Waals surface area (Å²) in [4.78, 5) is 4.07. The molecule has 1 nitrogen and oxygen atoms in total. The van der Waals surface area contributed by atoms with Crippen LogP contribution in [0.4, 0.5) is 13.2 Å². The summed E-state index contributed by atoms with van der Waals surface area (Å²) in [5.41, 5.74) is 0.509. The molecule has 0 saturated carbocycles. The van der Waals surface area contributed by atoms with Crippen LogP contribution in [0.25, 0.3) is 10.6 Å².